The number of aliphatic hydroxyl groups excluding tert-OH is 1. The predicted octanol–water partition coefficient (Wildman–Crippen LogP) is 6.72. The van der Waals surface area contributed by atoms with Gasteiger partial charge in [0.05, 0.1) is 12.5 Å². The summed E-state index contributed by atoms with van der Waals surface area (Å²) in [5.74, 6) is 1.59. The molecule has 0 radical (unpaired) electrons. The van der Waals surface area contributed by atoms with E-state index in [4.69, 9.17) is 9.47 Å². The summed E-state index contributed by atoms with van der Waals surface area (Å²) in [6.45, 7) is 17.9. The van der Waals surface area contributed by atoms with Crippen molar-refractivity contribution in [3.8, 4) is 0 Å². The van der Waals surface area contributed by atoms with E-state index in [9.17, 15) is 14.7 Å². The van der Waals surface area contributed by atoms with Crippen LogP contribution in [0.3, 0.4) is 0 Å². The van der Waals surface area contributed by atoms with E-state index < -0.39 is 5.41 Å². The van der Waals surface area contributed by atoms with Gasteiger partial charge in [0, 0.05) is 24.4 Å². The molecule has 10 unspecified atom stereocenters. The highest BCUT2D eigenvalue weighted by Crippen LogP contribution is 2.77. The molecule has 5 fully saturated rings. The van der Waals surface area contributed by atoms with Crippen LogP contribution in [0.2, 0.25) is 0 Å². The van der Waals surface area contributed by atoms with Crippen molar-refractivity contribution in [1.82, 2.24) is 0 Å². The summed E-state index contributed by atoms with van der Waals surface area (Å²) in [5, 5.41) is 11.4. The molecule has 0 aromatic heterocycles. The molecule has 1 N–H and O–H groups in total. The van der Waals surface area contributed by atoms with E-state index in [1.54, 1.807) is 7.11 Å². The van der Waals surface area contributed by atoms with Crippen molar-refractivity contribution in [2.45, 2.75) is 112 Å². The van der Waals surface area contributed by atoms with Crippen molar-refractivity contribution in [2.24, 2.45) is 56.7 Å². The average molecular weight is 529 g/mol. The van der Waals surface area contributed by atoms with Gasteiger partial charge in [0.15, 0.2) is 0 Å². The minimum absolute atomic E-state index is 0.00472. The molecule has 0 heterocycles. The zero-order valence-corrected chi connectivity index (χ0v) is 25.0. The monoisotopic (exact) mass is 528 g/mol. The van der Waals surface area contributed by atoms with Crippen LogP contribution in [0.15, 0.2) is 12.2 Å². The Bertz CT molecular complexity index is 1000. The molecule has 5 aliphatic rings. The molecular weight excluding hydrogens is 476 g/mol. The van der Waals surface area contributed by atoms with Crippen LogP contribution in [-0.4, -0.2) is 36.9 Å². The van der Waals surface area contributed by atoms with E-state index in [0.717, 1.165) is 64.2 Å². The molecule has 0 bridgehead atoms. The van der Waals surface area contributed by atoms with Crippen molar-refractivity contribution in [2.75, 3.05) is 13.7 Å². The molecule has 0 saturated heterocycles. The minimum atomic E-state index is -0.434. The second-order valence-electron chi connectivity index (χ2n) is 15.2. The summed E-state index contributed by atoms with van der Waals surface area (Å²) < 4.78 is 11.4. The Morgan fingerprint density at radius 3 is 2.21 bits per heavy atom. The molecule has 0 aromatic carbocycles. The summed E-state index contributed by atoms with van der Waals surface area (Å²) in [4.78, 5) is 25.4. The minimum Gasteiger partial charge on any atom is -0.469 e. The third-order valence-electron chi connectivity index (χ3n) is 13.8. The highest BCUT2D eigenvalue weighted by Gasteiger charge is 2.73. The summed E-state index contributed by atoms with van der Waals surface area (Å²) in [6.07, 6.45) is 9.91. The highest BCUT2D eigenvalue weighted by atomic mass is 16.5. The summed E-state index contributed by atoms with van der Waals surface area (Å²) in [5.41, 5.74) is 0.623. The summed E-state index contributed by atoms with van der Waals surface area (Å²) in [7, 11) is 1.55. The standard InChI is InChI=1S/C33H52O5/c1-20(2)22-11-16-32(28(36)37-8)17-18-33(19-34)23(27(22)32)9-10-25-30(6)14-13-26(38-21(3)35)29(4,5)24(30)12-15-31(25,33)7/h22-27,34H,1,9-19H2,2-8H3. The maximum Gasteiger partial charge on any atom is 0.312 e. The lowest BCUT2D eigenvalue weighted by Gasteiger charge is -2.73. The molecule has 214 valence electrons. The Morgan fingerprint density at radius 1 is 0.895 bits per heavy atom. The maximum atomic E-state index is 13.4. The van der Waals surface area contributed by atoms with Crippen molar-refractivity contribution >= 4 is 11.9 Å². The molecule has 0 spiro atoms. The number of esters is 2. The summed E-state index contributed by atoms with van der Waals surface area (Å²) >= 11 is 0. The molecule has 0 amide bonds. The number of carbonyl (C=O) groups excluding carboxylic acids is 2. The van der Waals surface area contributed by atoms with E-state index in [2.05, 4.69) is 41.2 Å². The lowest BCUT2D eigenvalue weighted by Crippen LogP contribution is -2.68. The molecule has 5 rings (SSSR count). The Kier molecular flexibility index (Phi) is 6.73. The number of allylic oxidation sites excluding steroid dienone is 1. The van der Waals surface area contributed by atoms with Gasteiger partial charge in [-0.2, -0.15) is 0 Å². The Hall–Kier alpha value is -1.36. The number of methoxy groups -OCH3 is 1. The fourth-order valence-corrected chi connectivity index (χ4v) is 12.2. The molecule has 10 atom stereocenters. The lowest BCUT2D eigenvalue weighted by atomic mass is 9.32. The van der Waals surface area contributed by atoms with Crippen LogP contribution in [0.4, 0.5) is 0 Å². The molecule has 5 heteroatoms. The van der Waals surface area contributed by atoms with Crippen molar-refractivity contribution in [1.29, 1.82) is 0 Å². The number of fused-ring (bicyclic) bond motifs is 7. The van der Waals surface area contributed by atoms with Gasteiger partial charge in [0.2, 0.25) is 0 Å². The first-order chi connectivity index (χ1) is 17.7. The van der Waals surface area contributed by atoms with E-state index >= 15 is 0 Å². The first kappa shape index (κ1) is 28.2. The van der Waals surface area contributed by atoms with E-state index in [0.29, 0.717) is 23.7 Å². The number of hydrogen-bond acceptors (Lipinski definition) is 5. The number of hydrogen-bond donors (Lipinski definition) is 1. The van der Waals surface area contributed by atoms with Gasteiger partial charge >= 0.3 is 11.9 Å². The van der Waals surface area contributed by atoms with Gasteiger partial charge in [-0.3, -0.25) is 9.59 Å². The van der Waals surface area contributed by atoms with Crippen LogP contribution in [0.1, 0.15) is 106 Å². The molecule has 5 aliphatic carbocycles. The fraction of sp³-hybridized carbons (Fsp3) is 0.879. The highest BCUT2D eigenvalue weighted by molar-refractivity contribution is 5.78. The van der Waals surface area contributed by atoms with Gasteiger partial charge in [-0.15, -0.1) is 0 Å². The van der Waals surface area contributed by atoms with Gasteiger partial charge in [0.25, 0.3) is 0 Å². The SMILES string of the molecule is C=C(C)C1CCC2(C(=O)OC)CCC3(CO)C(CCC4C5(C)CCC(OC(C)=O)C(C)(C)C5CCC43C)C12. The number of ether oxygens (including phenoxy) is 2. The molecule has 38 heavy (non-hydrogen) atoms. The van der Waals surface area contributed by atoms with Crippen LogP contribution in [-0.2, 0) is 19.1 Å². The third-order valence-corrected chi connectivity index (χ3v) is 13.8. The van der Waals surface area contributed by atoms with E-state index in [-0.39, 0.29) is 52.2 Å². The van der Waals surface area contributed by atoms with Gasteiger partial charge in [-0.05, 0) is 112 Å². The first-order valence-electron chi connectivity index (χ1n) is 15.3. The number of aliphatic hydroxyl groups is 1. The van der Waals surface area contributed by atoms with Crippen LogP contribution in [0.5, 0.6) is 0 Å². The van der Waals surface area contributed by atoms with Gasteiger partial charge in [-0.25, -0.2) is 0 Å². The average Bonchev–Trinajstić information content (AvgIpc) is 3.26. The zero-order chi connectivity index (χ0) is 27.9. The molecule has 5 saturated carbocycles. The zero-order valence-electron chi connectivity index (χ0n) is 25.0. The summed E-state index contributed by atoms with van der Waals surface area (Å²) in [6, 6.07) is 0. The maximum absolute atomic E-state index is 13.4. The third kappa shape index (κ3) is 3.45. The van der Waals surface area contributed by atoms with Gasteiger partial charge < -0.3 is 14.6 Å². The number of carbonyl (C=O) groups is 2. The molecule has 0 aromatic rings. The van der Waals surface area contributed by atoms with Gasteiger partial charge in [-0.1, -0.05) is 39.8 Å². The van der Waals surface area contributed by atoms with Gasteiger partial charge in [0.1, 0.15) is 6.10 Å². The van der Waals surface area contributed by atoms with Crippen molar-refractivity contribution in [3.05, 3.63) is 12.2 Å². The van der Waals surface area contributed by atoms with Crippen molar-refractivity contribution < 1.29 is 24.2 Å². The van der Waals surface area contributed by atoms with Crippen LogP contribution in [0, 0.1) is 56.7 Å². The molecule has 0 aliphatic heterocycles. The van der Waals surface area contributed by atoms with Crippen molar-refractivity contribution in [3.63, 3.8) is 0 Å². The van der Waals surface area contributed by atoms with Crippen LogP contribution >= 0.6 is 0 Å². The quantitative estimate of drug-likeness (QED) is 0.324. The predicted molar refractivity (Wildman–Crippen MR) is 148 cm³/mol. The Labute approximate surface area is 230 Å². The fourth-order valence-electron chi connectivity index (χ4n) is 12.2. The van der Waals surface area contributed by atoms with E-state index in [1.165, 1.54) is 12.5 Å². The molecule has 5 nitrogen and oxygen atoms in total. The topological polar surface area (TPSA) is 72.8 Å². The smallest absolute Gasteiger partial charge is 0.312 e. The second-order valence-corrected chi connectivity index (χ2v) is 15.2. The number of rotatable bonds is 4. The normalized spacial score (nSPS) is 49.1. The Balaban J connectivity index is 1.55. The molecular formula is C33H52O5. The largest absolute Gasteiger partial charge is 0.469 e. The first-order valence-corrected chi connectivity index (χ1v) is 15.3. The van der Waals surface area contributed by atoms with Crippen LogP contribution < -0.4 is 0 Å². The second kappa shape index (κ2) is 9.08. The Morgan fingerprint density at radius 2 is 1.61 bits per heavy atom. The lowest BCUT2D eigenvalue weighted by molar-refractivity contribution is -0.263. The van der Waals surface area contributed by atoms with E-state index in [1.807, 2.05) is 0 Å². The van der Waals surface area contributed by atoms with Crippen LogP contribution in [0.25, 0.3) is 0 Å².